The Morgan fingerprint density at radius 3 is 2.25 bits per heavy atom. The summed E-state index contributed by atoms with van der Waals surface area (Å²) < 4.78 is 0. The summed E-state index contributed by atoms with van der Waals surface area (Å²) in [6.45, 7) is 3.70. The van der Waals surface area contributed by atoms with Crippen LogP contribution in [-0.2, 0) is 0 Å². The van der Waals surface area contributed by atoms with Crippen LogP contribution in [0.5, 0.6) is 5.75 Å². The maximum Gasteiger partial charge on any atom is 0.138 e. The quantitative estimate of drug-likeness (QED) is 0.520. The monoisotopic (exact) mass is 111 g/mol. The molecular formula is C6H9NO. The van der Waals surface area contributed by atoms with Crippen molar-refractivity contribution >= 4 is 0 Å². The molecule has 0 saturated heterocycles. The first-order valence-corrected chi connectivity index (χ1v) is 2.55. The molecule has 2 nitrogen and oxygen atoms in total. The standard InChI is InChI=1S/C6H9NO/c1-4-3-7-5(2)6(4)8/h3,7-8H,1-2H3. The molecule has 0 radical (unpaired) electrons. The number of hydrogen-bond acceptors (Lipinski definition) is 1. The van der Waals surface area contributed by atoms with E-state index in [9.17, 15) is 0 Å². The van der Waals surface area contributed by atoms with Gasteiger partial charge in [-0.15, -0.1) is 0 Å². The number of aromatic amines is 1. The molecule has 0 aliphatic heterocycles. The predicted octanol–water partition coefficient (Wildman–Crippen LogP) is 1.34. The van der Waals surface area contributed by atoms with E-state index in [1.807, 2.05) is 13.8 Å². The van der Waals surface area contributed by atoms with Gasteiger partial charge in [0, 0.05) is 11.8 Å². The molecule has 0 unspecified atom stereocenters. The van der Waals surface area contributed by atoms with Crippen molar-refractivity contribution < 1.29 is 5.11 Å². The van der Waals surface area contributed by atoms with Crippen LogP contribution in [0.1, 0.15) is 11.3 Å². The normalized spacial score (nSPS) is 9.75. The third kappa shape index (κ3) is 0.579. The van der Waals surface area contributed by atoms with Crippen molar-refractivity contribution in [1.29, 1.82) is 0 Å². The van der Waals surface area contributed by atoms with Crippen LogP contribution in [0.2, 0.25) is 0 Å². The predicted molar refractivity (Wildman–Crippen MR) is 31.9 cm³/mol. The third-order valence-electron chi connectivity index (χ3n) is 1.23. The van der Waals surface area contributed by atoms with Gasteiger partial charge in [-0.2, -0.15) is 0 Å². The van der Waals surface area contributed by atoms with Crippen LogP contribution < -0.4 is 0 Å². The van der Waals surface area contributed by atoms with Crippen molar-refractivity contribution in [2.24, 2.45) is 0 Å². The fourth-order valence-corrected chi connectivity index (χ4v) is 0.649. The summed E-state index contributed by atoms with van der Waals surface area (Å²) in [6, 6.07) is 0. The van der Waals surface area contributed by atoms with E-state index in [2.05, 4.69) is 4.98 Å². The van der Waals surface area contributed by atoms with Gasteiger partial charge in [0.1, 0.15) is 5.75 Å². The molecule has 0 aromatic carbocycles. The highest BCUT2D eigenvalue weighted by Gasteiger charge is 1.97. The van der Waals surface area contributed by atoms with Crippen LogP contribution in [0.4, 0.5) is 0 Å². The Bertz CT molecular complexity index is 171. The molecule has 0 fully saturated rings. The zero-order valence-electron chi connectivity index (χ0n) is 5.02. The Morgan fingerprint density at radius 1 is 1.50 bits per heavy atom. The van der Waals surface area contributed by atoms with Crippen molar-refractivity contribution in [2.75, 3.05) is 0 Å². The maximum atomic E-state index is 9.02. The largest absolute Gasteiger partial charge is 0.506 e. The molecule has 2 N–H and O–H groups in total. The highest BCUT2D eigenvalue weighted by atomic mass is 16.3. The van der Waals surface area contributed by atoms with E-state index in [1.165, 1.54) is 0 Å². The summed E-state index contributed by atoms with van der Waals surface area (Å²) in [7, 11) is 0. The van der Waals surface area contributed by atoms with Gasteiger partial charge < -0.3 is 10.1 Å². The van der Waals surface area contributed by atoms with Crippen LogP contribution in [0.15, 0.2) is 6.20 Å². The SMILES string of the molecule is Cc1c[nH]c(C)c1O. The third-order valence-corrected chi connectivity index (χ3v) is 1.23. The topological polar surface area (TPSA) is 36.0 Å². The molecule has 44 valence electrons. The van der Waals surface area contributed by atoms with E-state index in [0.717, 1.165) is 11.3 Å². The Balaban J connectivity index is 3.19. The first-order chi connectivity index (χ1) is 3.72. The number of nitrogens with one attached hydrogen (secondary N) is 1. The van der Waals surface area contributed by atoms with Gasteiger partial charge in [0.05, 0.1) is 5.69 Å². The van der Waals surface area contributed by atoms with Crippen LogP contribution in [-0.4, -0.2) is 10.1 Å². The Morgan fingerprint density at radius 2 is 2.12 bits per heavy atom. The summed E-state index contributed by atoms with van der Waals surface area (Å²) in [6.07, 6.45) is 1.78. The average molecular weight is 111 g/mol. The maximum absolute atomic E-state index is 9.02. The fraction of sp³-hybridized carbons (Fsp3) is 0.333. The van der Waals surface area contributed by atoms with Gasteiger partial charge in [0.25, 0.3) is 0 Å². The van der Waals surface area contributed by atoms with Crippen LogP contribution in [0.25, 0.3) is 0 Å². The molecule has 2 heteroatoms. The number of aromatic hydroxyl groups is 1. The lowest BCUT2D eigenvalue weighted by atomic mass is 10.3. The zero-order valence-corrected chi connectivity index (χ0v) is 5.02. The number of hydrogen-bond donors (Lipinski definition) is 2. The number of aryl methyl sites for hydroxylation is 2. The molecule has 0 bridgehead atoms. The molecular weight excluding hydrogens is 102 g/mol. The second-order valence-electron chi connectivity index (χ2n) is 1.95. The highest BCUT2D eigenvalue weighted by Crippen LogP contribution is 2.18. The first-order valence-electron chi connectivity index (χ1n) is 2.55. The Kier molecular flexibility index (Phi) is 1.01. The van der Waals surface area contributed by atoms with Crippen LogP contribution in [0.3, 0.4) is 0 Å². The number of H-pyrrole nitrogens is 1. The van der Waals surface area contributed by atoms with Gasteiger partial charge in [0.2, 0.25) is 0 Å². The minimum absolute atomic E-state index is 0.380. The van der Waals surface area contributed by atoms with Gasteiger partial charge in [-0.05, 0) is 13.8 Å². The van der Waals surface area contributed by atoms with Crippen molar-refractivity contribution in [1.82, 2.24) is 4.98 Å². The molecule has 1 rings (SSSR count). The number of rotatable bonds is 0. The first kappa shape index (κ1) is 5.22. The Hall–Kier alpha value is -0.920. The molecule has 0 amide bonds. The minimum Gasteiger partial charge on any atom is -0.506 e. The van der Waals surface area contributed by atoms with E-state index in [4.69, 9.17) is 5.11 Å². The lowest BCUT2D eigenvalue weighted by Gasteiger charge is -1.85. The minimum atomic E-state index is 0.380. The summed E-state index contributed by atoms with van der Waals surface area (Å²) in [5.74, 6) is 0.380. The second kappa shape index (κ2) is 1.54. The highest BCUT2D eigenvalue weighted by molar-refractivity contribution is 5.33. The van der Waals surface area contributed by atoms with E-state index in [-0.39, 0.29) is 0 Å². The molecule has 8 heavy (non-hydrogen) atoms. The average Bonchev–Trinajstić information content (AvgIpc) is 1.98. The molecule has 0 saturated carbocycles. The molecule has 0 atom stereocenters. The number of aromatic nitrogens is 1. The molecule has 1 heterocycles. The molecule has 1 aromatic rings. The van der Waals surface area contributed by atoms with Gasteiger partial charge >= 0.3 is 0 Å². The lowest BCUT2D eigenvalue weighted by molar-refractivity contribution is 0.468. The fourth-order valence-electron chi connectivity index (χ4n) is 0.649. The van der Waals surface area contributed by atoms with Crippen molar-refractivity contribution in [2.45, 2.75) is 13.8 Å². The van der Waals surface area contributed by atoms with E-state index < -0.39 is 0 Å². The lowest BCUT2D eigenvalue weighted by Crippen LogP contribution is -1.66. The van der Waals surface area contributed by atoms with Gasteiger partial charge in [-0.3, -0.25) is 0 Å². The van der Waals surface area contributed by atoms with Crippen molar-refractivity contribution in [3.63, 3.8) is 0 Å². The summed E-state index contributed by atoms with van der Waals surface area (Å²) >= 11 is 0. The van der Waals surface area contributed by atoms with Crippen LogP contribution >= 0.6 is 0 Å². The van der Waals surface area contributed by atoms with Crippen molar-refractivity contribution in [3.8, 4) is 5.75 Å². The van der Waals surface area contributed by atoms with E-state index in [0.29, 0.717) is 5.75 Å². The molecule has 0 aliphatic rings. The Labute approximate surface area is 48.2 Å². The van der Waals surface area contributed by atoms with Gasteiger partial charge in [0.15, 0.2) is 0 Å². The molecule has 0 aliphatic carbocycles. The van der Waals surface area contributed by atoms with Gasteiger partial charge in [-0.25, -0.2) is 0 Å². The van der Waals surface area contributed by atoms with Crippen LogP contribution in [0, 0.1) is 13.8 Å². The second-order valence-corrected chi connectivity index (χ2v) is 1.95. The summed E-state index contributed by atoms with van der Waals surface area (Å²) in [5.41, 5.74) is 1.74. The van der Waals surface area contributed by atoms with E-state index in [1.54, 1.807) is 6.20 Å². The van der Waals surface area contributed by atoms with E-state index >= 15 is 0 Å². The molecule has 1 aromatic heterocycles. The zero-order chi connectivity index (χ0) is 6.15. The smallest absolute Gasteiger partial charge is 0.138 e. The summed E-state index contributed by atoms with van der Waals surface area (Å²) in [4.78, 5) is 2.89. The van der Waals surface area contributed by atoms with Crippen molar-refractivity contribution in [3.05, 3.63) is 17.5 Å². The summed E-state index contributed by atoms with van der Waals surface area (Å²) in [5, 5.41) is 9.02. The van der Waals surface area contributed by atoms with Gasteiger partial charge in [-0.1, -0.05) is 0 Å². The molecule has 0 spiro atoms.